The normalized spacial score (nSPS) is 9.73. The molecule has 3 heteroatoms. The van der Waals surface area contributed by atoms with Crippen LogP contribution in [0.3, 0.4) is 0 Å². The molecular formula is C8H10ClNO. The molecule has 2 nitrogen and oxygen atoms in total. The van der Waals surface area contributed by atoms with Gasteiger partial charge in [0, 0.05) is 6.54 Å². The Hall–Kier alpha value is -0.730. The van der Waals surface area contributed by atoms with Crippen LogP contribution in [-0.2, 0) is 0 Å². The van der Waals surface area contributed by atoms with Crippen LogP contribution in [0.5, 0.6) is 0 Å². The molecule has 1 N–H and O–H groups in total. The number of hydrogen-bond donors (Lipinski definition) is 1. The lowest BCUT2D eigenvalue weighted by Crippen LogP contribution is -2.16. The Morgan fingerprint density at radius 1 is 1.45 bits per heavy atom. The highest BCUT2D eigenvalue weighted by molar-refractivity contribution is 6.33. The van der Waals surface area contributed by atoms with Gasteiger partial charge < -0.3 is 0 Å². The summed E-state index contributed by atoms with van der Waals surface area (Å²) in [4.78, 5) is 0. The summed E-state index contributed by atoms with van der Waals surface area (Å²) in [5.74, 6) is 0. The van der Waals surface area contributed by atoms with Gasteiger partial charge in [0.1, 0.15) is 0 Å². The van der Waals surface area contributed by atoms with Gasteiger partial charge in [0.05, 0.1) is 10.7 Å². The van der Waals surface area contributed by atoms with Gasteiger partial charge >= 0.3 is 0 Å². The van der Waals surface area contributed by atoms with Crippen molar-refractivity contribution in [1.29, 1.82) is 0 Å². The fourth-order valence-corrected chi connectivity index (χ4v) is 1.06. The third-order valence-electron chi connectivity index (χ3n) is 1.43. The zero-order chi connectivity index (χ0) is 8.27. The minimum Gasteiger partial charge on any atom is -0.288 e. The van der Waals surface area contributed by atoms with Gasteiger partial charge in [0.2, 0.25) is 0 Å². The maximum Gasteiger partial charge on any atom is 0.0820 e. The zero-order valence-corrected chi connectivity index (χ0v) is 7.04. The molecule has 0 fully saturated rings. The van der Waals surface area contributed by atoms with Crippen LogP contribution in [0, 0.1) is 0 Å². The van der Waals surface area contributed by atoms with Crippen molar-refractivity contribution < 1.29 is 5.21 Å². The number of halogens is 1. The van der Waals surface area contributed by atoms with E-state index < -0.39 is 0 Å². The highest BCUT2D eigenvalue weighted by Crippen LogP contribution is 2.23. The van der Waals surface area contributed by atoms with Crippen LogP contribution in [0.2, 0.25) is 5.02 Å². The summed E-state index contributed by atoms with van der Waals surface area (Å²) in [6, 6.07) is 7.18. The van der Waals surface area contributed by atoms with E-state index in [2.05, 4.69) is 0 Å². The van der Waals surface area contributed by atoms with Crippen LogP contribution in [0.25, 0.3) is 0 Å². The van der Waals surface area contributed by atoms with E-state index in [-0.39, 0.29) is 0 Å². The summed E-state index contributed by atoms with van der Waals surface area (Å²) >= 11 is 5.80. The van der Waals surface area contributed by atoms with E-state index >= 15 is 0 Å². The molecule has 0 radical (unpaired) electrons. The standard InChI is InChI=1S/C8H10ClNO/c1-2-10(11)8-6-4-3-5-7(8)9/h3-6,11H,2H2,1H3. The van der Waals surface area contributed by atoms with Crippen molar-refractivity contribution >= 4 is 17.3 Å². The molecule has 0 heterocycles. The summed E-state index contributed by atoms with van der Waals surface area (Å²) < 4.78 is 0. The third kappa shape index (κ3) is 1.85. The van der Waals surface area contributed by atoms with E-state index in [9.17, 15) is 5.21 Å². The molecule has 0 unspecified atom stereocenters. The lowest BCUT2D eigenvalue weighted by molar-refractivity contribution is 0.260. The topological polar surface area (TPSA) is 23.5 Å². The minimum atomic E-state index is 0.531. The summed E-state index contributed by atoms with van der Waals surface area (Å²) in [5.41, 5.74) is 0.650. The van der Waals surface area contributed by atoms with E-state index in [1.165, 1.54) is 0 Å². The molecule has 0 saturated heterocycles. The van der Waals surface area contributed by atoms with Gasteiger partial charge in [0.15, 0.2) is 0 Å². The molecule has 60 valence electrons. The van der Waals surface area contributed by atoms with E-state index in [1.807, 2.05) is 19.1 Å². The minimum absolute atomic E-state index is 0.531. The van der Waals surface area contributed by atoms with Crippen molar-refractivity contribution in [2.24, 2.45) is 0 Å². The molecule has 0 aliphatic heterocycles. The van der Waals surface area contributed by atoms with Gasteiger partial charge in [-0.3, -0.25) is 10.3 Å². The van der Waals surface area contributed by atoms with Gasteiger partial charge in [-0.15, -0.1) is 0 Å². The number of anilines is 1. The Kier molecular flexibility index (Phi) is 2.74. The number of rotatable bonds is 2. The Bertz CT molecular complexity index is 239. The largest absolute Gasteiger partial charge is 0.288 e. The fraction of sp³-hybridized carbons (Fsp3) is 0.250. The summed E-state index contributed by atoms with van der Waals surface area (Å²) in [5, 5.41) is 10.9. The Morgan fingerprint density at radius 3 is 2.64 bits per heavy atom. The molecule has 0 atom stereocenters. The third-order valence-corrected chi connectivity index (χ3v) is 1.75. The Morgan fingerprint density at radius 2 is 2.09 bits per heavy atom. The molecule has 1 rings (SSSR count). The predicted molar refractivity (Wildman–Crippen MR) is 46.3 cm³/mol. The van der Waals surface area contributed by atoms with Crippen LogP contribution >= 0.6 is 11.6 Å². The summed E-state index contributed by atoms with van der Waals surface area (Å²) in [6.07, 6.45) is 0. The number of hydrogen-bond acceptors (Lipinski definition) is 2. The van der Waals surface area contributed by atoms with Gasteiger partial charge in [-0.25, -0.2) is 0 Å². The van der Waals surface area contributed by atoms with E-state index in [1.54, 1.807) is 12.1 Å². The average Bonchev–Trinajstić information content (AvgIpc) is 2.04. The van der Waals surface area contributed by atoms with Crippen LogP contribution in [-0.4, -0.2) is 11.8 Å². The van der Waals surface area contributed by atoms with Gasteiger partial charge in [-0.1, -0.05) is 23.7 Å². The molecule has 0 aliphatic rings. The molecule has 0 bridgehead atoms. The van der Waals surface area contributed by atoms with E-state index in [4.69, 9.17) is 11.6 Å². The SMILES string of the molecule is CCN(O)c1ccccc1Cl. The van der Waals surface area contributed by atoms with Crippen LogP contribution in [0.15, 0.2) is 24.3 Å². The first-order valence-electron chi connectivity index (χ1n) is 3.46. The number of para-hydroxylation sites is 1. The first-order chi connectivity index (χ1) is 5.25. The van der Waals surface area contributed by atoms with Crippen molar-refractivity contribution in [3.63, 3.8) is 0 Å². The van der Waals surface area contributed by atoms with Crippen molar-refractivity contribution in [2.45, 2.75) is 6.92 Å². The molecule has 0 spiro atoms. The second kappa shape index (κ2) is 3.60. The Labute approximate surface area is 71.0 Å². The number of nitrogens with zero attached hydrogens (tertiary/aromatic N) is 1. The predicted octanol–water partition coefficient (Wildman–Crippen LogP) is 2.56. The molecular weight excluding hydrogens is 162 g/mol. The molecule has 0 saturated carbocycles. The molecule has 0 aromatic heterocycles. The van der Waals surface area contributed by atoms with Crippen molar-refractivity contribution in [3.8, 4) is 0 Å². The highest BCUT2D eigenvalue weighted by atomic mass is 35.5. The molecule has 1 aromatic rings. The molecule has 0 aliphatic carbocycles. The van der Waals surface area contributed by atoms with Crippen LogP contribution in [0.4, 0.5) is 5.69 Å². The van der Waals surface area contributed by atoms with Gasteiger partial charge in [-0.2, -0.15) is 0 Å². The molecule has 0 amide bonds. The van der Waals surface area contributed by atoms with Crippen LogP contribution in [0.1, 0.15) is 6.92 Å². The van der Waals surface area contributed by atoms with Crippen molar-refractivity contribution in [2.75, 3.05) is 11.6 Å². The molecule has 11 heavy (non-hydrogen) atoms. The quantitative estimate of drug-likeness (QED) is 0.692. The maximum atomic E-state index is 9.26. The molecule has 1 aromatic carbocycles. The lowest BCUT2D eigenvalue weighted by Gasteiger charge is -2.14. The van der Waals surface area contributed by atoms with E-state index in [0.29, 0.717) is 17.3 Å². The van der Waals surface area contributed by atoms with Gasteiger partial charge in [0.25, 0.3) is 0 Å². The second-order valence-electron chi connectivity index (χ2n) is 2.17. The average molecular weight is 172 g/mol. The van der Waals surface area contributed by atoms with Crippen molar-refractivity contribution in [1.82, 2.24) is 0 Å². The number of benzene rings is 1. The fourth-order valence-electron chi connectivity index (χ4n) is 0.831. The maximum absolute atomic E-state index is 9.26. The highest BCUT2D eigenvalue weighted by Gasteiger charge is 2.02. The summed E-state index contributed by atoms with van der Waals surface area (Å²) in [6.45, 7) is 2.38. The van der Waals surface area contributed by atoms with Crippen LogP contribution < -0.4 is 5.06 Å². The van der Waals surface area contributed by atoms with Crippen molar-refractivity contribution in [3.05, 3.63) is 29.3 Å². The lowest BCUT2D eigenvalue weighted by atomic mass is 10.3. The first-order valence-corrected chi connectivity index (χ1v) is 3.84. The van der Waals surface area contributed by atoms with Gasteiger partial charge in [-0.05, 0) is 19.1 Å². The second-order valence-corrected chi connectivity index (χ2v) is 2.57. The zero-order valence-electron chi connectivity index (χ0n) is 6.29. The number of hydroxylamine groups is 1. The monoisotopic (exact) mass is 171 g/mol. The first kappa shape index (κ1) is 8.37. The summed E-state index contributed by atoms with van der Waals surface area (Å²) in [7, 11) is 0. The van der Waals surface area contributed by atoms with E-state index in [0.717, 1.165) is 5.06 Å². The smallest absolute Gasteiger partial charge is 0.0820 e. The Balaban J connectivity index is 2.93.